The Morgan fingerprint density at radius 1 is 1.17 bits per heavy atom. The Morgan fingerprint density at radius 3 is 2.22 bits per heavy atom. The number of amides is 2. The molecule has 1 saturated heterocycles. The molecule has 0 aromatic heterocycles. The van der Waals surface area contributed by atoms with Crippen molar-refractivity contribution in [2.45, 2.75) is 38.7 Å². The molecule has 2 rings (SSSR count). The van der Waals surface area contributed by atoms with E-state index in [0.717, 1.165) is 12.8 Å². The molecule has 102 valence electrons. The summed E-state index contributed by atoms with van der Waals surface area (Å²) in [5.41, 5.74) is 0. The molecule has 2 aliphatic rings. The fraction of sp³-hybridized carbons (Fsp3) is 0.846. The van der Waals surface area contributed by atoms with E-state index in [-0.39, 0.29) is 17.7 Å². The molecule has 1 N–H and O–H groups in total. The molecule has 0 aromatic carbocycles. The molecular weight excluding hydrogens is 232 g/mol. The van der Waals surface area contributed by atoms with Crippen LogP contribution in [0.25, 0.3) is 0 Å². The van der Waals surface area contributed by atoms with E-state index in [1.54, 1.807) is 11.8 Å². The van der Waals surface area contributed by atoms with Gasteiger partial charge in [-0.15, -0.1) is 0 Å². The van der Waals surface area contributed by atoms with Crippen molar-refractivity contribution in [3.63, 3.8) is 0 Å². The van der Waals surface area contributed by atoms with Crippen molar-refractivity contribution in [2.24, 2.45) is 5.92 Å². The Morgan fingerprint density at radius 2 is 1.72 bits per heavy atom. The van der Waals surface area contributed by atoms with Crippen LogP contribution in [0.2, 0.25) is 0 Å². The van der Waals surface area contributed by atoms with Gasteiger partial charge in [0.15, 0.2) is 0 Å². The number of piperazine rings is 1. The van der Waals surface area contributed by atoms with Crippen LogP contribution in [0.15, 0.2) is 0 Å². The van der Waals surface area contributed by atoms with Crippen LogP contribution in [0.1, 0.15) is 32.6 Å². The lowest BCUT2D eigenvalue weighted by Crippen LogP contribution is -2.51. The van der Waals surface area contributed by atoms with Crippen LogP contribution >= 0.6 is 0 Å². The molecule has 0 aromatic rings. The Hall–Kier alpha value is -1.10. The van der Waals surface area contributed by atoms with E-state index in [0.29, 0.717) is 39.0 Å². The average molecular weight is 254 g/mol. The third-order valence-corrected chi connectivity index (χ3v) is 3.65. The van der Waals surface area contributed by atoms with Gasteiger partial charge >= 0.3 is 0 Å². The van der Waals surface area contributed by atoms with E-state index in [1.165, 1.54) is 0 Å². The molecule has 5 heteroatoms. The van der Waals surface area contributed by atoms with Gasteiger partial charge in [-0.2, -0.15) is 0 Å². The van der Waals surface area contributed by atoms with Gasteiger partial charge < -0.3 is 14.9 Å². The average Bonchev–Trinajstić information content (AvgIpc) is 3.19. The molecule has 1 heterocycles. The molecular formula is C13H22N2O3. The van der Waals surface area contributed by atoms with Crippen LogP contribution in [0.4, 0.5) is 0 Å². The van der Waals surface area contributed by atoms with Crippen LogP contribution in [0, 0.1) is 5.92 Å². The Labute approximate surface area is 108 Å². The summed E-state index contributed by atoms with van der Waals surface area (Å²) in [6.45, 7) is 4.29. The number of rotatable bonds is 4. The van der Waals surface area contributed by atoms with Gasteiger partial charge in [-0.05, 0) is 26.2 Å². The highest BCUT2D eigenvalue weighted by Gasteiger charge is 2.35. The fourth-order valence-electron chi connectivity index (χ4n) is 2.26. The first kappa shape index (κ1) is 13.3. The fourth-order valence-corrected chi connectivity index (χ4v) is 2.26. The number of nitrogens with zero attached hydrogens (tertiary/aromatic N) is 2. The van der Waals surface area contributed by atoms with Gasteiger partial charge in [-0.1, -0.05) is 0 Å². The first-order valence-corrected chi connectivity index (χ1v) is 6.82. The third kappa shape index (κ3) is 3.45. The second-order valence-corrected chi connectivity index (χ2v) is 5.37. The van der Waals surface area contributed by atoms with E-state index in [2.05, 4.69) is 0 Å². The highest BCUT2D eigenvalue weighted by Crippen LogP contribution is 2.31. The van der Waals surface area contributed by atoms with Gasteiger partial charge in [-0.25, -0.2) is 0 Å². The minimum Gasteiger partial charge on any atom is -0.393 e. The van der Waals surface area contributed by atoms with Crippen LogP contribution in [0.5, 0.6) is 0 Å². The third-order valence-electron chi connectivity index (χ3n) is 3.65. The van der Waals surface area contributed by atoms with E-state index < -0.39 is 6.10 Å². The van der Waals surface area contributed by atoms with Crippen molar-refractivity contribution in [1.29, 1.82) is 0 Å². The first-order valence-electron chi connectivity index (χ1n) is 6.82. The van der Waals surface area contributed by atoms with E-state index in [9.17, 15) is 9.59 Å². The van der Waals surface area contributed by atoms with Gasteiger partial charge in [0, 0.05) is 38.5 Å². The summed E-state index contributed by atoms with van der Waals surface area (Å²) in [5, 5.41) is 9.16. The molecule has 0 spiro atoms. The highest BCUT2D eigenvalue weighted by atomic mass is 16.3. The van der Waals surface area contributed by atoms with Crippen LogP contribution in [-0.2, 0) is 9.59 Å². The number of carbonyl (C=O) groups excluding carboxylic acids is 2. The minimum atomic E-state index is -0.424. The second kappa shape index (κ2) is 5.69. The SMILES string of the molecule is CC(O)CCC(=O)N1CCN(C(=O)C2CC2)CC1. The van der Waals surface area contributed by atoms with Crippen molar-refractivity contribution < 1.29 is 14.7 Å². The Balaban J connectivity index is 1.72. The summed E-state index contributed by atoms with van der Waals surface area (Å²) >= 11 is 0. The molecule has 18 heavy (non-hydrogen) atoms. The zero-order chi connectivity index (χ0) is 13.1. The number of aliphatic hydroxyl groups is 1. The molecule has 0 bridgehead atoms. The monoisotopic (exact) mass is 254 g/mol. The van der Waals surface area contributed by atoms with Crippen molar-refractivity contribution in [3.05, 3.63) is 0 Å². The summed E-state index contributed by atoms with van der Waals surface area (Å²) in [5.74, 6) is 0.628. The number of hydrogen-bond donors (Lipinski definition) is 1. The summed E-state index contributed by atoms with van der Waals surface area (Å²) in [6, 6.07) is 0. The van der Waals surface area contributed by atoms with Crippen LogP contribution < -0.4 is 0 Å². The summed E-state index contributed by atoms with van der Waals surface area (Å²) in [4.78, 5) is 27.4. The standard InChI is InChI=1S/C13H22N2O3/c1-10(16)2-5-12(17)14-6-8-15(9-7-14)13(18)11-3-4-11/h10-11,16H,2-9H2,1H3. The van der Waals surface area contributed by atoms with Crippen molar-refractivity contribution in [1.82, 2.24) is 9.80 Å². The Bertz CT molecular complexity index is 318. The lowest BCUT2D eigenvalue weighted by atomic mass is 10.2. The van der Waals surface area contributed by atoms with Crippen LogP contribution in [0.3, 0.4) is 0 Å². The summed E-state index contributed by atoms with van der Waals surface area (Å²) in [7, 11) is 0. The maximum atomic E-state index is 11.8. The number of aliphatic hydroxyl groups excluding tert-OH is 1. The molecule has 1 aliphatic carbocycles. The molecule has 5 nitrogen and oxygen atoms in total. The predicted molar refractivity (Wildman–Crippen MR) is 66.8 cm³/mol. The largest absolute Gasteiger partial charge is 0.393 e. The number of carbonyl (C=O) groups is 2. The Kier molecular flexibility index (Phi) is 4.22. The van der Waals surface area contributed by atoms with Gasteiger partial charge in [0.05, 0.1) is 6.10 Å². The van der Waals surface area contributed by atoms with Crippen molar-refractivity contribution >= 4 is 11.8 Å². The smallest absolute Gasteiger partial charge is 0.225 e. The highest BCUT2D eigenvalue weighted by molar-refractivity contribution is 5.81. The van der Waals surface area contributed by atoms with Gasteiger partial charge in [0.2, 0.25) is 11.8 Å². The molecule has 0 radical (unpaired) electrons. The molecule has 2 fully saturated rings. The molecule has 2 amide bonds. The molecule has 1 saturated carbocycles. The maximum Gasteiger partial charge on any atom is 0.225 e. The topological polar surface area (TPSA) is 60.9 Å². The second-order valence-electron chi connectivity index (χ2n) is 5.37. The quantitative estimate of drug-likeness (QED) is 0.781. The molecule has 1 atom stereocenters. The summed E-state index contributed by atoms with van der Waals surface area (Å²) < 4.78 is 0. The normalized spacial score (nSPS) is 21.9. The summed E-state index contributed by atoms with van der Waals surface area (Å²) in [6.07, 6.45) is 2.55. The van der Waals surface area contributed by atoms with Crippen molar-refractivity contribution in [2.75, 3.05) is 26.2 Å². The molecule has 1 aliphatic heterocycles. The zero-order valence-electron chi connectivity index (χ0n) is 11.0. The zero-order valence-corrected chi connectivity index (χ0v) is 11.0. The van der Waals surface area contributed by atoms with E-state index in [4.69, 9.17) is 5.11 Å². The van der Waals surface area contributed by atoms with Gasteiger partial charge in [-0.3, -0.25) is 9.59 Å². The minimum absolute atomic E-state index is 0.0921. The van der Waals surface area contributed by atoms with E-state index >= 15 is 0 Å². The van der Waals surface area contributed by atoms with E-state index in [1.807, 2.05) is 4.90 Å². The lowest BCUT2D eigenvalue weighted by molar-refractivity contribution is -0.140. The lowest BCUT2D eigenvalue weighted by Gasteiger charge is -2.35. The molecule has 1 unspecified atom stereocenters. The van der Waals surface area contributed by atoms with Crippen LogP contribution in [-0.4, -0.2) is 59.0 Å². The maximum absolute atomic E-state index is 11.8. The number of hydrogen-bond acceptors (Lipinski definition) is 3. The van der Waals surface area contributed by atoms with Gasteiger partial charge in [0.1, 0.15) is 0 Å². The first-order chi connectivity index (χ1) is 8.58. The predicted octanol–water partition coefficient (Wildman–Crippen LogP) is 0.228. The van der Waals surface area contributed by atoms with Crippen molar-refractivity contribution in [3.8, 4) is 0 Å². The van der Waals surface area contributed by atoms with Gasteiger partial charge in [0.25, 0.3) is 0 Å².